The molecule has 4 heteroatoms. The van der Waals surface area contributed by atoms with E-state index < -0.39 is 5.41 Å². The zero-order chi connectivity index (χ0) is 20.1. The van der Waals surface area contributed by atoms with Gasteiger partial charge in [-0.25, -0.2) is 0 Å². The summed E-state index contributed by atoms with van der Waals surface area (Å²) in [5, 5.41) is 14.3. The highest BCUT2D eigenvalue weighted by molar-refractivity contribution is 6.02. The van der Waals surface area contributed by atoms with Gasteiger partial charge in [-0.05, 0) is 48.7 Å². The highest BCUT2D eigenvalue weighted by Gasteiger charge is 2.51. The number of phenolic OH excluding ortho intramolecular Hbond substituents is 1. The SMILES string of the molecule is C=Cc1ccc(C2(C(=O)Nc3ccc4[nH]c(C(C)(C)C)cc4c3)CC2)cc1O. The number of hydrogen-bond donors (Lipinski definition) is 3. The third-order valence-electron chi connectivity index (χ3n) is 5.67. The normalized spacial score (nSPS) is 15.4. The standard InChI is InChI=1S/C24H26N2O2/c1-5-15-6-7-17(14-20(15)27)24(10-11-24)22(28)25-18-8-9-19-16(12-18)13-21(26-19)23(2,3)4/h5-9,12-14,26-27H,1,10-11H2,2-4H3,(H,25,28). The molecule has 3 aromatic rings. The Hall–Kier alpha value is -3.01. The number of carbonyl (C=O) groups excluding carboxylic acids is 1. The van der Waals surface area contributed by atoms with Crippen LogP contribution in [0.25, 0.3) is 17.0 Å². The van der Waals surface area contributed by atoms with Crippen LogP contribution in [0.1, 0.15) is 50.4 Å². The van der Waals surface area contributed by atoms with Crippen molar-refractivity contribution in [2.75, 3.05) is 5.32 Å². The van der Waals surface area contributed by atoms with Gasteiger partial charge >= 0.3 is 0 Å². The number of amides is 1. The number of benzene rings is 2. The molecule has 4 rings (SSSR count). The van der Waals surface area contributed by atoms with Gasteiger partial charge in [-0.15, -0.1) is 0 Å². The van der Waals surface area contributed by atoms with Crippen molar-refractivity contribution >= 4 is 28.6 Å². The smallest absolute Gasteiger partial charge is 0.235 e. The van der Waals surface area contributed by atoms with Crippen LogP contribution in [0.4, 0.5) is 5.69 Å². The molecule has 4 nitrogen and oxygen atoms in total. The van der Waals surface area contributed by atoms with E-state index in [0.717, 1.165) is 35.0 Å². The predicted octanol–water partition coefficient (Wildman–Crippen LogP) is 5.48. The Balaban J connectivity index is 1.59. The van der Waals surface area contributed by atoms with Crippen LogP contribution in [0.3, 0.4) is 0 Å². The average Bonchev–Trinajstić information content (AvgIpc) is 3.34. The topological polar surface area (TPSA) is 65.1 Å². The van der Waals surface area contributed by atoms with E-state index in [1.165, 1.54) is 5.69 Å². The number of rotatable bonds is 4. The predicted molar refractivity (Wildman–Crippen MR) is 115 cm³/mol. The second kappa shape index (κ2) is 6.26. The van der Waals surface area contributed by atoms with E-state index in [2.05, 4.69) is 43.7 Å². The first kappa shape index (κ1) is 18.4. The van der Waals surface area contributed by atoms with Crippen LogP contribution in [0.5, 0.6) is 5.75 Å². The van der Waals surface area contributed by atoms with Crippen molar-refractivity contribution in [2.45, 2.75) is 44.4 Å². The Bertz CT molecular complexity index is 1080. The molecule has 0 spiro atoms. The number of aromatic amines is 1. The number of H-pyrrole nitrogens is 1. The Kier molecular flexibility index (Phi) is 4.11. The Morgan fingerprint density at radius 1 is 1.18 bits per heavy atom. The zero-order valence-electron chi connectivity index (χ0n) is 16.6. The molecular weight excluding hydrogens is 348 g/mol. The Morgan fingerprint density at radius 2 is 1.93 bits per heavy atom. The van der Waals surface area contributed by atoms with Crippen LogP contribution in [0.15, 0.2) is 49.0 Å². The van der Waals surface area contributed by atoms with Gasteiger partial charge < -0.3 is 15.4 Å². The van der Waals surface area contributed by atoms with E-state index >= 15 is 0 Å². The summed E-state index contributed by atoms with van der Waals surface area (Å²) in [5.41, 5.74) is 4.03. The molecule has 1 fully saturated rings. The molecule has 1 aromatic heterocycles. The van der Waals surface area contributed by atoms with Crippen molar-refractivity contribution in [3.05, 3.63) is 65.9 Å². The number of fused-ring (bicyclic) bond motifs is 1. The van der Waals surface area contributed by atoms with Crippen LogP contribution in [-0.2, 0) is 15.6 Å². The summed E-state index contributed by atoms with van der Waals surface area (Å²) in [6.45, 7) is 10.2. The maximum absolute atomic E-state index is 13.0. The number of nitrogens with one attached hydrogen (secondary N) is 2. The molecule has 0 saturated heterocycles. The fourth-order valence-corrected chi connectivity index (χ4v) is 3.65. The molecule has 1 amide bonds. The van der Waals surface area contributed by atoms with Crippen LogP contribution in [0, 0.1) is 0 Å². The first-order valence-corrected chi connectivity index (χ1v) is 9.64. The maximum Gasteiger partial charge on any atom is 0.235 e. The van der Waals surface area contributed by atoms with E-state index in [4.69, 9.17) is 0 Å². The van der Waals surface area contributed by atoms with Crippen molar-refractivity contribution < 1.29 is 9.90 Å². The molecule has 144 valence electrons. The summed E-state index contributed by atoms with van der Waals surface area (Å²) in [6.07, 6.45) is 3.18. The molecule has 0 radical (unpaired) electrons. The second-order valence-corrected chi connectivity index (χ2v) is 8.75. The highest BCUT2D eigenvalue weighted by atomic mass is 16.3. The van der Waals surface area contributed by atoms with Crippen LogP contribution in [-0.4, -0.2) is 16.0 Å². The van der Waals surface area contributed by atoms with Gasteiger partial charge in [-0.2, -0.15) is 0 Å². The summed E-state index contributed by atoms with van der Waals surface area (Å²) >= 11 is 0. The lowest BCUT2D eigenvalue weighted by atomic mass is 9.92. The van der Waals surface area contributed by atoms with Crippen LogP contribution >= 0.6 is 0 Å². The van der Waals surface area contributed by atoms with Crippen molar-refractivity contribution in [3.63, 3.8) is 0 Å². The van der Waals surface area contributed by atoms with Gasteiger partial charge in [0.1, 0.15) is 5.75 Å². The summed E-state index contributed by atoms with van der Waals surface area (Å²) in [6, 6.07) is 13.5. The van der Waals surface area contributed by atoms with E-state index in [9.17, 15) is 9.90 Å². The molecule has 3 N–H and O–H groups in total. The Labute approximate surface area is 165 Å². The third kappa shape index (κ3) is 3.09. The number of hydrogen-bond acceptors (Lipinski definition) is 2. The minimum absolute atomic E-state index is 0.0239. The molecule has 0 unspecified atom stereocenters. The molecule has 1 aliphatic rings. The zero-order valence-corrected chi connectivity index (χ0v) is 16.6. The van der Waals surface area contributed by atoms with E-state index in [1.54, 1.807) is 12.1 Å². The van der Waals surface area contributed by atoms with Gasteiger partial charge in [-0.3, -0.25) is 4.79 Å². The molecule has 1 aliphatic carbocycles. The average molecular weight is 374 g/mol. The van der Waals surface area contributed by atoms with Gasteiger partial charge in [0.25, 0.3) is 0 Å². The van der Waals surface area contributed by atoms with Gasteiger partial charge in [0.15, 0.2) is 0 Å². The highest BCUT2D eigenvalue weighted by Crippen LogP contribution is 2.50. The first-order valence-electron chi connectivity index (χ1n) is 9.64. The van der Waals surface area contributed by atoms with Crippen molar-refractivity contribution in [1.82, 2.24) is 4.98 Å². The van der Waals surface area contributed by atoms with Crippen molar-refractivity contribution in [2.24, 2.45) is 0 Å². The fourth-order valence-electron chi connectivity index (χ4n) is 3.65. The van der Waals surface area contributed by atoms with E-state index in [-0.39, 0.29) is 17.1 Å². The van der Waals surface area contributed by atoms with Crippen molar-refractivity contribution in [1.29, 1.82) is 0 Å². The lowest BCUT2D eigenvalue weighted by Crippen LogP contribution is -2.27. The lowest BCUT2D eigenvalue weighted by molar-refractivity contribution is -0.118. The van der Waals surface area contributed by atoms with Gasteiger partial charge in [0.05, 0.1) is 5.41 Å². The number of aromatic hydroxyl groups is 1. The Morgan fingerprint density at radius 3 is 2.54 bits per heavy atom. The molecular formula is C24H26N2O2. The monoisotopic (exact) mass is 374 g/mol. The number of carbonyl (C=O) groups is 1. The lowest BCUT2D eigenvalue weighted by Gasteiger charge is -2.17. The molecule has 28 heavy (non-hydrogen) atoms. The maximum atomic E-state index is 13.0. The second-order valence-electron chi connectivity index (χ2n) is 8.75. The molecule has 2 aromatic carbocycles. The first-order chi connectivity index (χ1) is 13.2. The minimum atomic E-state index is -0.555. The third-order valence-corrected chi connectivity index (χ3v) is 5.67. The van der Waals surface area contributed by atoms with Crippen LogP contribution < -0.4 is 5.32 Å². The molecule has 1 saturated carbocycles. The fraction of sp³-hybridized carbons (Fsp3) is 0.292. The summed E-state index contributed by atoms with van der Waals surface area (Å²) in [4.78, 5) is 16.5. The minimum Gasteiger partial charge on any atom is -0.507 e. The molecule has 0 atom stereocenters. The van der Waals surface area contributed by atoms with E-state index in [0.29, 0.717) is 5.56 Å². The van der Waals surface area contributed by atoms with Gasteiger partial charge in [0.2, 0.25) is 5.91 Å². The largest absolute Gasteiger partial charge is 0.507 e. The summed E-state index contributed by atoms with van der Waals surface area (Å²) in [7, 11) is 0. The summed E-state index contributed by atoms with van der Waals surface area (Å²) in [5.74, 6) is 0.138. The quantitative estimate of drug-likeness (QED) is 0.566. The van der Waals surface area contributed by atoms with E-state index in [1.807, 2.05) is 30.3 Å². The molecule has 1 heterocycles. The van der Waals surface area contributed by atoms with Crippen molar-refractivity contribution in [3.8, 4) is 5.75 Å². The summed E-state index contributed by atoms with van der Waals surface area (Å²) < 4.78 is 0. The molecule has 0 aliphatic heterocycles. The van der Waals surface area contributed by atoms with Gasteiger partial charge in [0, 0.05) is 33.3 Å². The number of aromatic nitrogens is 1. The number of phenols is 1. The van der Waals surface area contributed by atoms with Gasteiger partial charge in [-0.1, -0.05) is 45.6 Å². The molecule has 0 bridgehead atoms. The number of anilines is 1. The van der Waals surface area contributed by atoms with Crippen LogP contribution in [0.2, 0.25) is 0 Å².